The molecule has 0 atom stereocenters. The molecule has 1 aromatic heterocycles. The molecule has 0 aliphatic heterocycles. The molecule has 2 aromatic rings. The first-order valence-corrected chi connectivity index (χ1v) is 5.28. The van der Waals surface area contributed by atoms with Gasteiger partial charge in [0.15, 0.2) is 6.29 Å². The number of halogens is 1. The second-order valence-electron chi connectivity index (χ2n) is 3.89. The fourth-order valence-corrected chi connectivity index (χ4v) is 2.10. The third-order valence-corrected chi connectivity index (χ3v) is 2.85. The van der Waals surface area contributed by atoms with Gasteiger partial charge < -0.3 is 4.98 Å². The van der Waals surface area contributed by atoms with E-state index in [0.717, 1.165) is 22.9 Å². The fourth-order valence-electron chi connectivity index (χ4n) is 1.83. The molecule has 15 heavy (non-hydrogen) atoms. The van der Waals surface area contributed by atoms with Gasteiger partial charge in [-0.3, -0.25) is 4.79 Å². The summed E-state index contributed by atoms with van der Waals surface area (Å²) in [6, 6.07) is 5.61. The molecule has 78 valence electrons. The Morgan fingerprint density at radius 3 is 2.73 bits per heavy atom. The molecule has 0 spiro atoms. The summed E-state index contributed by atoms with van der Waals surface area (Å²) >= 11 is 6.08. The van der Waals surface area contributed by atoms with Crippen molar-refractivity contribution in [2.75, 3.05) is 0 Å². The standard InChI is InChI=1S/C12H12ClNO/c1-7(2)12-8(6-15)11-9(13)4-3-5-10(11)14-12/h3-7,14H,1-2H3. The number of carbonyl (C=O) groups excluding carboxylic acids is 1. The molecule has 0 saturated heterocycles. The third-order valence-electron chi connectivity index (χ3n) is 2.54. The number of hydrogen-bond acceptors (Lipinski definition) is 1. The number of fused-ring (bicyclic) bond motifs is 1. The lowest BCUT2D eigenvalue weighted by Gasteiger charge is -2.01. The van der Waals surface area contributed by atoms with E-state index in [1.54, 1.807) is 6.07 Å². The van der Waals surface area contributed by atoms with Crippen LogP contribution >= 0.6 is 11.6 Å². The van der Waals surface area contributed by atoms with Crippen LogP contribution in [0.5, 0.6) is 0 Å². The molecular weight excluding hydrogens is 210 g/mol. The molecule has 0 aliphatic carbocycles. The first kappa shape index (κ1) is 10.2. The molecule has 1 N–H and O–H groups in total. The minimum absolute atomic E-state index is 0.286. The Morgan fingerprint density at radius 2 is 2.13 bits per heavy atom. The number of H-pyrrole nitrogens is 1. The van der Waals surface area contributed by atoms with Crippen LogP contribution in [0.3, 0.4) is 0 Å². The highest BCUT2D eigenvalue weighted by Gasteiger charge is 2.15. The average Bonchev–Trinajstić information content (AvgIpc) is 2.57. The van der Waals surface area contributed by atoms with E-state index in [-0.39, 0.29) is 5.92 Å². The van der Waals surface area contributed by atoms with Gasteiger partial charge in [0.25, 0.3) is 0 Å². The van der Waals surface area contributed by atoms with E-state index >= 15 is 0 Å². The first-order chi connectivity index (χ1) is 7.15. The van der Waals surface area contributed by atoms with Crippen LogP contribution in [0.4, 0.5) is 0 Å². The largest absolute Gasteiger partial charge is 0.358 e. The topological polar surface area (TPSA) is 32.9 Å². The van der Waals surface area contributed by atoms with Gasteiger partial charge in [0.1, 0.15) is 0 Å². The van der Waals surface area contributed by atoms with Crippen LogP contribution in [0.25, 0.3) is 10.9 Å². The highest BCUT2D eigenvalue weighted by atomic mass is 35.5. The van der Waals surface area contributed by atoms with Crippen LogP contribution in [-0.2, 0) is 0 Å². The summed E-state index contributed by atoms with van der Waals surface area (Å²) in [5, 5.41) is 1.45. The molecule has 0 fully saturated rings. The maximum atomic E-state index is 11.1. The van der Waals surface area contributed by atoms with E-state index in [4.69, 9.17) is 11.6 Å². The van der Waals surface area contributed by atoms with Crippen molar-refractivity contribution >= 4 is 28.8 Å². The van der Waals surface area contributed by atoms with E-state index in [1.165, 1.54) is 0 Å². The predicted octanol–water partition coefficient (Wildman–Crippen LogP) is 3.76. The summed E-state index contributed by atoms with van der Waals surface area (Å²) in [4.78, 5) is 14.3. The number of benzene rings is 1. The van der Waals surface area contributed by atoms with Gasteiger partial charge in [-0.15, -0.1) is 0 Å². The molecule has 3 heteroatoms. The van der Waals surface area contributed by atoms with Crippen molar-refractivity contribution in [2.24, 2.45) is 0 Å². The summed E-state index contributed by atoms with van der Waals surface area (Å²) in [7, 11) is 0. The van der Waals surface area contributed by atoms with Gasteiger partial charge in [-0.1, -0.05) is 31.5 Å². The van der Waals surface area contributed by atoms with Crippen molar-refractivity contribution in [3.63, 3.8) is 0 Å². The number of hydrogen-bond donors (Lipinski definition) is 1. The molecular formula is C12H12ClNO. The maximum Gasteiger partial charge on any atom is 0.152 e. The Hall–Kier alpha value is -1.28. The van der Waals surface area contributed by atoms with Crippen LogP contribution in [0.1, 0.15) is 35.8 Å². The Bertz CT molecular complexity index is 514. The zero-order valence-electron chi connectivity index (χ0n) is 8.67. The molecule has 0 aliphatic rings. The van der Waals surface area contributed by atoms with Crippen molar-refractivity contribution < 1.29 is 4.79 Å². The zero-order valence-corrected chi connectivity index (χ0v) is 9.43. The highest BCUT2D eigenvalue weighted by molar-refractivity contribution is 6.36. The maximum absolute atomic E-state index is 11.1. The highest BCUT2D eigenvalue weighted by Crippen LogP contribution is 2.31. The van der Waals surface area contributed by atoms with Crippen molar-refractivity contribution in [2.45, 2.75) is 19.8 Å². The lowest BCUT2D eigenvalue weighted by molar-refractivity contribution is 0.112. The Labute approximate surface area is 93.2 Å². The molecule has 0 radical (unpaired) electrons. The lowest BCUT2D eigenvalue weighted by Crippen LogP contribution is -1.92. The van der Waals surface area contributed by atoms with Crippen LogP contribution in [0, 0.1) is 0 Å². The Morgan fingerprint density at radius 1 is 1.40 bits per heavy atom. The van der Waals surface area contributed by atoms with Crippen molar-refractivity contribution in [3.05, 3.63) is 34.5 Å². The van der Waals surface area contributed by atoms with E-state index < -0.39 is 0 Å². The molecule has 1 heterocycles. The second kappa shape index (κ2) is 3.70. The van der Waals surface area contributed by atoms with Crippen molar-refractivity contribution in [3.8, 4) is 0 Å². The number of aldehydes is 1. The number of aromatic nitrogens is 1. The monoisotopic (exact) mass is 221 g/mol. The van der Waals surface area contributed by atoms with Crippen LogP contribution in [0.15, 0.2) is 18.2 Å². The third kappa shape index (κ3) is 1.55. The van der Waals surface area contributed by atoms with E-state index in [1.807, 2.05) is 26.0 Å². The minimum Gasteiger partial charge on any atom is -0.358 e. The minimum atomic E-state index is 0.286. The molecule has 0 unspecified atom stereocenters. The molecule has 0 saturated carbocycles. The Kier molecular flexibility index (Phi) is 2.53. The average molecular weight is 222 g/mol. The van der Waals surface area contributed by atoms with Gasteiger partial charge in [-0.05, 0) is 18.1 Å². The fraction of sp³-hybridized carbons (Fsp3) is 0.250. The van der Waals surface area contributed by atoms with Gasteiger partial charge in [-0.25, -0.2) is 0 Å². The van der Waals surface area contributed by atoms with Crippen LogP contribution < -0.4 is 0 Å². The summed E-state index contributed by atoms with van der Waals surface area (Å²) in [6.45, 7) is 4.09. The summed E-state index contributed by atoms with van der Waals surface area (Å²) < 4.78 is 0. The number of nitrogens with one attached hydrogen (secondary N) is 1. The first-order valence-electron chi connectivity index (χ1n) is 4.90. The van der Waals surface area contributed by atoms with Gasteiger partial charge in [0.2, 0.25) is 0 Å². The summed E-state index contributed by atoms with van der Waals surface area (Å²) in [5.41, 5.74) is 2.56. The predicted molar refractivity (Wildman–Crippen MR) is 62.8 cm³/mol. The van der Waals surface area contributed by atoms with Crippen LogP contribution in [-0.4, -0.2) is 11.3 Å². The SMILES string of the molecule is CC(C)c1[nH]c2cccc(Cl)c2c1C=O. The number of carbonyl (C=O) groups is 1. The van der Waals surface area contributed by atoms with E-state index in [0.29, 0.717) is 10.6 Å². The molecule has 2 nitrogen and oxygen atoms in total. The normalized spacial score (nSPS) is 11.2. The lowest BCUT2D eigenvalue weighted by atomic mass is 10.0. The van der Waals surface area contributed by atoms with Crippen molar-refractivity contribution in [1.82, 2.24) is 4.98 Å². The number of rotatable bonds is 2. The van der Waals surface area contributed by atoms with Gasteiger partial charge in [0.05, 0.1) is 5.02 Å². The van der Waals surface area contributed by atoms with Crippen molar-refractivity contribution in [1.29, 1.82) is 0 Å². The quantitative estimate of drug-likeness (QED) is 0.770. The smallest absolute Gasteiger partial charge is 0.152 e. The number of aromatic amines is 1. The zero-order chi connectivity index (χ0) is 11.0. The van der Waals surface area contributed by atoms with E-state index in [9.17, 15) is 4.79 Å². The van der Waals surface area contributed by atoms with E-state index in [2.05, 4.69) is 4.98 Å². The molecule has 0 bridgehead atoms. The van der Waals surface area contributed by atoms with Gasteiger partial charge in [-0.2, -0.15) is 0 Å². The molecule has 2 rings (SSSR count). The van der Waals surface area contributed by atoms with Gasteiger partial charge >= 0.3 is 0 Å². The van der Waals surface area contributed by atoms with Gasteiger partial charge in [0, 0.05) is 22.2 Å². The second-order valence-corrected chi connectivity index (χ2v) is 4.29. The van der Waals surface area contributed by atoms with Crippen LogP contribution in [0.2, 0.25) is 5.02 Å². The Balaban J connectivity index is 2.86. The summed E-state index contributed by atoms with van der Waals surface area (Å²) in [6.07, 6.45) is 0.875. The summed E-state index contributed by atoms with van der Waals surface area (Å²) in [5.74, 6) is 0.286. The molecule has 0 amide bonds. The molecule has 1 aromatic carbocycles.